The molecule has 1 aromatic carbocycles. The average molecular weight is 448 g/mol. The van der Waals surface area contributed by atoms with Gasteiger partial charge < -0.3 is 4.90 Å². The first-order valence-corrected chi connectivity index (χ1v) is 12.1. The number of amides is 2. The standard InChI is InChI=1S/C25H29N5OS/c1-16-7-6-8-19(11-16)22-23(20-12-17(2)26-18(3)13-20)32-24(27-22)28-25(31)30-14-21(15-30)29-9-4-5-10-29/h6-8,11-13,21H,4-5,9-10,14-15H2,1-3H3,(H,27,28,31). The van der Waals surface area contributed by atoms with Crippen molar-refractivity contribution in [3.05, 3.63) is 53.3 Å². The van der Waals surface area contributed by atoms with Crippen LogP contribution in [0.15, 0.2) is 36.4 Å². The number of rotatable bonds is 4. The second kappa shape index (κ2) is 8.64. The molecule has 2 aliphatic rings. The van der Waals surface area contributed by atoms with Gasteiger partial charge in [-0.1, -0.05) is 35.1 Å². The molecule has 166 valence electrons. The molecule has 2 amide bonds. The van der Waals surface area contributed by atoms with Crippen LogP contribution >= 0.6 is 11.3 Å². The van der Waals surface area contributed by atoms with Gasteiger partial charge in [-0.05, 0) is 70.5 Å². The molecule has 2 aliphatic heterocycles. The van der Waals surface area contributed by atoms with Crippen LogP contribution < -0.4 is 5.32 Å². The van der Waals surface area contributed by atoms with Crippen LogP contribution in [-0.2, 0) is 0 Å². The molecule has 0 unspecified atom stereocenters. The van der Waals surface area contributed by atoms with Gasteiger partial charge in [0.15, 0.2) is 5.13 Å². The quantitative estimate of drug-likeness (QED) is 0.604. The molecule has 0 bridgehead atoms. The van der Waals surface area contributed by atoms with Crippen molar-refractivity contribution < 1.29 is 4.79 Å². The van der Waals surface area contributed by atoms with E-state index >= 15 is 0 Å². The highest BCUT2D eigenvalue weighted by Gasteiger charge is 2.36. The lowest BCUT2D eigenvalue weighted by Crippen LogP contribution is -2.61. The van der Waals surface area contributed by atoms with Crippen LogP contribution in [0, 0.1) is 20.8 Å². The summed E-state index contributed by atoms with van der Waals surface area (Å²) in [4.78, 5) is 27.7. The number of nitrogens with zero attached hydrogens (tertiary/aromatic N) is 4. The van der Waals surface area contributed by atoms with Gasteiger partial charge in [-0.3, -0.25) is 15.2 Å². The lowest BCUT2D eigenvalue weighted by Gasteiger charge is -2.43. The van der Waals surface area contributed by atoms with E-state index in [4.69, 9.17) is 4.98 Å². The largest absolute Gasteiger partial charge is 0.323 e. The predicted molar refractivity (Wildman–Crippen MR) is 130 cm³/mol. The molecule has 0 spiro atoms. The van der Waals surface area contributed by atoms with E-state index in [-0.39, 0.29) is 6.03 Å². The summed E-state index contributed by atoms with van der Waals surface area (Å²) in [5, 5.41) is 3.70. The van der Waals surface area contributed by atoms with Gasteiger partial charge in [-0.25, -0.2) is 9.78 Å². The summed E-state index contributed by atoms with van der Waals surface area (Å²) in [6, 6.07) is 13.0. The number of hydrogen-bond acceptors (Lipinski definition) is 5. The Bertz CT molecular complexity index is 1120. The number of aromatic nitrogens is 2. The Labute approximate surface area is 193 Å². The lowest BCUT2D eigenvalue weighted by atomic mass is 10.0. The molecule has 0 radical (unpaired) electrons. The first-order valence-electron chi connectivity index (χ1n) is 11.3. The monoisotopic (exact) mass is 447 g/mol. The molecule has 4 heterocycles. The number of likely N-dealkylation sites (tertiary alicyclic amines) is 2. The third-order valence-corrected chi connectivity index (χ3v) is 7.30. The number of nitrogens with one attached hydrogen (secondary N) is 1. The summed E-state index contributed by atoms with van der Waals surface area (Å²) in [6.07, 6.45) is 2.56. The molecule has 32 heavy (non-hydrogen) atoms. The van der Waals surface area contributed by atoms with Crippen LogP contribution in [-0.4, -0.2) is 58.0 Å². The third-order valence-electron chi connectivity index (χ3n) is 6.28. The number of benzene rings is 1. The van der Waals surface area contributed by atoms with E-state index in [9.17, 15) is 4.79 Å². The number of pyridine rings is 1. The van der Waals surface area contributed by atoms with Crippen molar-refractivity contribution in [3.63, 3.8) is 0 Å². The van der Waals surface area contributed by atoms with E-state index in [1.807, 2.05) is 24.8 Å². The van der Waals surface area contributed by atoms with E-state index in [0.29, 0.717) is 11.2 Å². The molecule has 2 saturated heterocycles. The summed E-state index contributed by atoms with van der Waals surface area (Å²) < 4.78 is 0. The summed E-state index contributed by atoms with van der Waals surface area (Å²) in [5.74, 6) is 0. The molecule has 3 aromatic rings. The van der Waals surface area contributed by atoms with Gasteiger partial charge in [0.2, 0.25) is 0 Å². The molecule has 5 rings (SSSR count). The van der Waals surface area contributed by atoms with Gasteiger partial charge in [0.25, 0.3) is 0 Å². The maximum atomic E-state index is 12.9. The van der Waals surface area contributed by atoms with Crippen LogP contribution in [0.3, 0.4) is 0 Å². The van der Waals surface area contributed by atoms with Crippen LogP contribution in [0.1, 0.15) is 29.8 Å². The predicted octanol–water partition coefficient (Wildman–Crippen LogP) is 5.11. The second-order valence-corrected chi connectivity index (χ2v) is 9.94. The van der Waals surface area contributed by atoms with Crippen molar-refractivity contribution in [2.24, 2.45) is 0 Å². The zero-order valence-electron chi connectivity index (χ0n) is 18.9. The number of thiazole rings is 1. The van der Waals surface area contributed by atoms with Crippen LogP contribution in [0.2, 0.25) is 0 Å². The van der Waals surface area contributed by atoms with Crippen molar-refractivity contribution in [1.82, 2.24) is 19.8 Å². The van der Waals surface area contributed by atoms with Crippen LogP contribution in [0.4, 0.5) is 9.93 Å². The van der Waals surface area contributed by atoms with E-state index in [1.165, 1.54) is 42.8 Å². The Hall–Kier alpha value is -2.77. The minimum Gasteiger partial charge on any atom is -0.321 e. The molecule has 6 nitrogen and oxygen atoms in total. The fourth-order valence-corrected chi connectivity index (χ4v) is 5.62. The molecule has 1 N–H and O–H groups in total. The molecule has 2 fully saturated rings. The number of urea groups is 1. The van der Waals surface area contributed by atoms with Gasteiger partial charge in [-0.2, -0.15) is 0 Å². The number of anilines is 1. The second-order valence-electron chi connectivity index (χ2n) is 8.94. The smallest absolute Gasteiger partial charge is 0.321 e. The lowest BCUT2D eigenvalue weighted by molar-refractivity contribution is 0.0776. The van der Waals surface area contributed by atoms with E-state index in [1.54, 1.807) is 0 Å². The third kappa shape index (κ3) is 4.27. The van der Waals surface area contributed by atoms with Crippen molar-refractivity contribution in [1.29, 1.82) is 0 Å². The van der Waals surface area contributed by atoms with Gasteiger partial charge in [-0.15, -0.1) is 0 Å². The highest BCUT2D eigenvalue weighted by molar-refractivity contribution is 7.19. The molecule has 7 heteroatoms. The summed E-state index contributed by atoms with van der Waals surface area (Å²) in [5.41, 5.74) is 6.18. The molecular weight excluding hydrogens is 418 g/mol. The van der Waals surface area contributed by atoms with Crippen molar-refractivity contribution >= 4 is 22.5 Å². The van der Waals surface area contributed by atoms with Crippen molar-refractivity contribution in [2.75, 3.05) is 31.5 Å². The minimum absolute atomic E-state index is 0.0568. The van der Waals surface area contributed by atoms with Gasteiger partial charge in [0, 0.05) is 36.1 Å². The summed E-state index contributed by atoms with van der Waals surface area (Å²) in [7, 11) is 0. The Morgan fingerprint density at radius 2 is 1.72 bits per heavy atom. The summed E-state index contributed by atoms with van der Waals surface area (Å²) in [6.45, 7) is 10.0. The zero-order chi connectivity index (χ0) is 22.2. The van der Waals surface area contributed by atoms with Gasteiger partial charge in [0.05, 0.1) is 10.6 Å². The Morgan fingerprint density at radius 1 is 1.00 bits per heavy atom. The maximum absolute atomic E-state index is 12.9. The maximum Gasteiger partial charge on any atom is 0.323 e. The fraction of sp³-hybridized carbons (Fsp3) is 0.400. The minimum atomic E-state index is -0.0568. The van der Waals surface area contributed by atoms with Crippen molar-refractivity contribution in [3.8, 4) is 21.7 Å². The number of carbonyl (C=O) groups is 1. The number of carbonyl (C=O) groups excluding carboxylic acids is 1. The Morgan fingerprint density at radius 3 is 2.41 bits per heavy atom. The fourth-order valence-electron chi connectivity index (χ4n) is 4.65. The van der Waals surface area contributed by atoms with Gasteiger partial charge >= 0.3 is 6.03 Å². The topological polar surface area (TPSA) is 61.4 Å². The molecular formula is C25H29N5OS. The van der Waals surface area contributed by atoms with E-state index < -0.39 is 0 Å². The highest BCUT2D eigenvalue weighted by Crippen LogP contribution is 2.40. The zero-order valence-corrected chi connectivity index (χ0v) is 19.7. The molecule has 0 atom stereocenters. The van der Waals surface area contributed by atoms with E-state index in [0.717, 1.165) is 46.2 Å². The SMILES string of the molecule is Cc1cccc(-c2nc(NC(=O)N3CC(N4CCCC4)C3)sc2-c2cc(C)nc(C)c2)c1. The first-order chi connectivity index (χ1) is 15.5. The molecule has 0 saturated carbocycles. The van der Waals surface area contributed by atoms with Crippen molar-refractivity contribution in [2.45, 2.75) is 39.7 Å². The Kier molecular flexibility index (Phi) is 5.69. The average Bonchev–Trinajstić information content (AvgIpc) is 3.36. The van der Waals surface area contributed by atoms with E-state index in [2.05, 4.69) is 52.5 Å². The number of aryl methyl sites for hydroxylation is 3. The van der Waals surface area contributed by atoms with Crippen LogP contribution in [0.5, 0.6) is 0 Å². The van der Waals surface area contributed by atoms with Gasteiger partial charge in [0.1, 0.15) is 0 Å². The number of hydrogen-bond donors (Lipinski definition) is 1. The highest BCUT2D eigenvalue weighted by atomic mass is 32.1. The summed E-state index contributed by atoms with van der Waals surface area (Å²) >= 11 is 1.53. The molecule has 2 aromatic heterocycles. The normalized spacial score (nSPS) is 16.9. The van der Waals surface area contributed by atoms with Crippen LogP contribution in [0.25, 0.3) is 21.7 Å². The molecule has 0 aliphatic carbocycles. The first kappa shape index (κ1) is 21.1. The Balaban J connectivity index is 1.40.